The molecule has 0 heterocycles. The fourth-order valence-electron chi connectivity index (χ4n) is 0.708. The highest BCUT2D eigenvalue weighted by Gasteiger charge is 2.09. The van der Waals surface area contributed by atoms with Crippen LogP contribution >= 0.6 is 0 Å². The van der Waals surface area contributed by atoms with Gasteiger partial charge in [-0.3, -0.25) is 0 Å². The Morgan fingerprint density at radius 2 is 1.73 bits per heavy atom. The van der Waals surface area contributed by atoms with Crippen LogP contribution in [0.4, 0.5) is 0 Å². The zero-order valence-electron chi connectivity index (χ0n) is 5.69. The molecule has 11 heavy (non-hydrogen) atoms. The van der Waals surface area contributed by atoms with Gasteiger partial charge in [0.05, 0.1) is 0 Å². The van der Waals surface area contributed by atoms with Crippen LogP contribution in [0, 0.1) is 0 Å². The van der Waals surface area contributed by atoms with E-state index in [1.807, 2.05) is 0 Å². The molecule has 55 valence electrons. The molecule has 0 spiro atoms. The van der Waals surface area contributed by atoms with E-state index in [0.717, 1.165) is 0 Å². The van der Waals surface area contributed by atoms with E-state index >= 15 is 0 Å². The first kappa shape index (κ1) is 8.32. The first-order chi connectivity index (χ1) is 5.24. The van der Waals surface area contributed by atoms with Crippen molar-refractivity contribution in [1.29, 1.82) is 0 Å². The van der Waals surface area contributed by atoms with Crippen molar-refractivity contribution < 1.29 is 14.5 Å². The minimum Gasteiger partial charge on any atom is -0.540 e. The normalized spacial score (nSPS) is 9.36. The number of benzene rings is 1. The molecule has 0 aliphatic carbocycles. The summed E-state index contributed by atoms with van der Waals surface area (Å²) in [5.74, 6) is 0.617. The van der Waals surface area contributed by atoms with E-state index in [0.29, 0.717) is 11.2 Å². The number of hydrogen-bond donors (Lipinski definition) is 2. The van der Waals surface area contributed by atoms with E-state index in [4.69, 9.17) is 14.5 Å². The molecule has 0 saturated carbocycles. The van der Waals surface area contributed by atoms with Crippen molar-refractivity contribution in [3.8, 4) is 5.75 Å². The van der Waals surface area contributed by atoms with Gasteiger partial charge in [-0.25, -0.2) is 0 Å². The van der Waals surface area contributed by atoms with Gasteiger partial charge in [-0.2, -0.15) is 0 Å². The Bertz CT molecular complexity index is 224. The summed E-state index contributed by atoms with van der Waals surface area (Å²) in [6, 6.07) is 6.39. The third kappa shape index (κ3) is 2.08. The molecule has 3 radical (unpaired) electrons. The van der Waals surface area contributed by atoms with Crippen molar-refractivity contribution in [1.82, 2.24) is 0 Å². The minimum atomic E-state index is -1.42. The van der Waals surface area contributed by atoms with E-state index in [9.17, 15) is 0 Å². The van der Waals surface area contributed by atoms with Crippen LogP contribution < -0.4 is 9.89 Å². The number of rotatable bonds is 2. The molecule has 0 atom stereocenters. The van der Waals surface area contributed by atoms with E-state index in [-0.39, 0.29) is 0 Å². The third-order valence-corrected chi connectivity index (χ3v) is 1.53. The molecular weight excluding hydrogens is 159 g/mol. The van der Waals surface area contributed by atoms with Crippen LogP contribution in [0.15, 0.2) is 24.3 Å². The van der Waals surface area contributed by atoms with Crippen LogP contribution in [0.1, 0.15) is 0 Å². The summed E-state index contributed by atoms with van der Waals surface area (Å²) in [6.45, 7) is 0. The van der Waals surface area contributed by atoms with Crippen molar-refractivity contribution in [2.24, 2.45) is 0 Å². The van der Waals surface area contributed by atoms with Gasteiger partial charge in [0.15, 0.2) is 0 Å². The van der Waals surface area contributed by atoms with Crippen LogP contribution in [-0.4, -0.2) is 27.7 Å². The highest BCUT2D eigenvalue weighted by molar-refractivity contribution is 6.58. The standard InChI is InChI=1S/C6H6BO3Si/c8-7(9)5-1-3-6(10-11)4-2-5/h1-4,8-9H. The highest BCUT2D eigenvalue weighted by atomic mass is 28.2. The molecule has 0 aromatic heterocycles. The Morgan fingerprint density at radius 3 is 2.09 bits per heavy atom. The quantitative estimate of drug-likeness (QED) is 0.543. The predicted molar refractivity (Wildman–Crippen MR) is 42.6 cm³/mol. The van der Waals surface area contributed by atoms with Crippen molar-refractivity contribution in [2.75, 3.05) is 0 Å². The topological polar surface area (TPSA) is 49.7 Å². The molecular formula is C6H6BO3Si. The van der Waals surface area contributed by atoms with Gasteiger partial charge in [-0.1, -0.05) is 12.1 Å². The summed E-state index contributed by atoms with van der Waals surface area (Å²) in [4.78, 5) is 0. The van der Waals surface area contributed by atoms with Crippen LogP contribution in [-0.2, 0) is 0 Å². The molecule has 1 aromatic rings. The maximum atomic E-state index is 8.69. The van der Waals surface area contributed by atoms with Gasteiger partial charge in [0.25, 0.3) is 0 Å². The smallest absolute Gasteiger partial charge is 0.488 e. The van der Waals surface area contributed by atoms with Gasteiger partial charge in [-0.15, -0.1) is 0 Å². The molecule has 0 aliphatic heterocycles. The average molecular weight is 165 g/mol. The summed E-state index contributed by atoms with van der Waals surface area (Å²) in [5.41, 5.74) is 0.442. The molecule has 2 N–H and O–H groups in total. The Hall–Kier alpha value is -0.778. The van der Waals surface area contributed by atoms with E-state index in [2.05, 4.69) is 10.5 Å². The lowest BCUT2D eigenvalue weighted by atomic mass is 9.80. The first-order valence-electron chi connectivity index (χ1n) is 3.03. The lowest BCUT2D eigenvalue weighted by Gasteiger charge is -2.00. The van der Waals surface area contributed by atoms with E-state index in [1.165, 1.54) is 0 Å². The Labute approximate surface area is 68.3 Å². The summed E-state index contributed by atoms with van der Waals surface area (Å²) >= 11 is 0. The summed E-state index contributed by atoms with van der Waals surface area (Å²) in [7, 11) is 1.42. The molecule has 0 unspecified atom stereocenters. The molecule has 5 heteroatoms. The zero-order valence-corrected chi connectivity index (χ0v) is 6.69. The van der Waals surface area contributed by atoms with Gasteiger partial charge in [0.2, 0.25) is 0 Å². The minimum absolute atomic E-state index is 0.442. The molecule has 0 bridgehead atoms. The molecule has 1 aromatic carbocycles. The van der Waals surface area contributed by atoms with Crippen LogP contribution in [0.25, 0.3) is 0 Å². The van der Waals surface area contributed by atoms with Gasteiger partial charge >= 0.3 is 17.6 Å². The lowest BCUT2D eigenvalue weighted by Crippen LogP contribution is -2.29. The second kappa shape index (κ2) is 3.57. The van der Waals surface area contributed by atoms with Crippen LogP contribution in [0.3, 0.4) is 0 Å². The molecule has 3 nitrogen and oxygen atoms in total. The maximum absolute atomic E-state index is 8.69. The van der Waals surface area contributed by atoms with Crippen molar-refractivity contribution in [3.05, 3.63) is 24.3 Å². The van der Waals surface area contributed by atoms with E-state index in [1.54, 1.807) is 24.3 Å². The van der Waals surface area contributed by atoms with Crippen molar-refractivity contribution in [2.45, 2.75) is 0 Å². The zero-order chi connectivity index (χ0) is 8.27. The van der Waals surface area contributed by atoms with Crippen molar-refractivity contribution in [3.63, 3.8) is 0 Å². The summed E-state index contributed by atoms with van der Waals surface area (Å²) in [6.07, 6.45) is 0. The molecule has 0 fully saturated rings. The van der Waals surface area contributed by atoms with E-state index < -0.39 is 7.12 Å². The lowest BCUT2D eigenvalue weighted by molar-refractivity contribution is 0.426. The number of hydrogen-bond acceptors (Lipinski definition) is 3. The third-order valence-electron chi connectivity index (χ3n) is 1.30. The molecule has 0 saturated heterocycles. The molecule has 1 rings (SSSR count). The summed E-state index contributed by atoms with van der Waals surface area (Å²) in [5, 5.41) is 17.4. The first-order valence-corrected chi connectivity index (χ1v) is 3.44. The fourth-order valence-corrected chi connectivity index (χ4v) is 0.844. The van der Waals surface area contributed by atoms with Crippen LogP contribution in [0.5, 0.6) is 5.75 Å². The van der Waals surface area contributed by atoms with Gasteiger partial charge in [0, 0.05) is 0 Å². The molecule has 0 aliphatic rings. The Balaban J connectivity index is 2.83. The average Bonchev–Trinajstić information content (AvgIpc) is 2.05. The van der Waals surface area contributed by atoms with Gasteiger partial charge < -0.3 is 14.5 Å². The monoisotopic (exact) mass is 165 g/mol. The van der Waals surface area contributed by atoms with Gasteiger partial charge in [0.1, 0.15) is 5.75 Å². The maximum Gasteiger partial charge on any atom is 0.488 e. The highest BCUT2D eigenvalue weighted by Crippen LogP contribution is 2.04. The van der Waals surface area contributed by atoms with Gasteiger partial charge in [-0.05, 0) is 17.6 Å². The Kier molecular flexibility index (Phi) is 2.70. The summed E-state index contributed by atoms with van der Waals surface area (Å²) < 4.78 is 4.69. The molecule has 0 amide bonds. The second-order valence-corrected chi connectivity index (χ2v) is 2.25. The predicted octanol–water partition coefficient (Wildman–Crippen LogP) is -1.17. The van der Waals surface area contributed by atoms with Crippen molar-refractivity contribution >= 4 is 23.1 Å². The second-order valence-electron chi connectivity index (χ2n) is 2.04. The van der Waals surface area contributed by atoms with Crippen LogP contribution in [0.2, 0.25) is 0 Å². The Morgan fingerprint density at radius 1 is 1.18 bits per heavy atom. The SMILES string of the molecule is OB(O)c1ccc(O[Si])cc1. The fraction of sp³-hybridized carbons (Fsp3) is 0. The largest absolute Gasteiger partial charge is 0.540 e.